The molecule has 0 atom stereocenters. The average molecular weight is 304 g/mol. The molecule has 4 heteroatoms. The summed E-state index contributed by atoms with van der Waals surface area (Å²) < 4.78 is 0. The number of fused-ring (bicyclic) bond motifs is 3. The van der Waals surface area contributed by atoms with E-state index in [9.17, 15) is 0 Å². The first-order valence-corrected chi connectivity index (χ1v) is 4.69. The van der Waals surface area contributed by atoms with Crippen molar-refractivity contribution in [2.75, 3.05) is 0 Å². The molecule has 1 aromatic heterocycles. The molecular formula is C12H8AgN2O+. The largest absolute Gasteiger partial charge is 1.00 e. The van der Waals surface area contributed by atoms with Crippen LogP contribution in [0, 0.1) is 0 Å². The summed E-state index contributed by atoms with van der Waals surface area (Å²) in [4.78, 5) is 4.24. The zero-order valence-electron chi connectivity index (χ0n) is 8.18. The van der Waals surface area contributed by atoms with Crippen LogP contribution in [0.1, 0.15) is 11.3 Å². The summed E-state index contributed by atoms with van der Waals surface area (Å²) in [5, 5.41) is 12.3. The summed E-state index contributed by atoms with van der Waals surface area (Å²) in [6.07, 6.45) is 1.70. The maximum Gasteiger partial charge on any atom is 1.00 e. The Morgan fingerprint density at radius 3 is 2.38 bits per heavy atom. The third kappa shape index (κ3) is 1.41. The molecule has 0 amide bonds. The first-order chi connectivity index (χ1) is 7.42. The molecule has 1 aliphatic rings. The second kappa shape index (κ2) is 4.22. The molecule has 16 heavy (non-hydrogen) atoms. The molecule has 2 aromatic rings. The Bertz CT molecular complexity index is 519. The monoisotopic (exact) mass is 303 g/mol. The molecule has 0 spiro atoms. The van der Waals surface area contributed by atoms with Crippen molar-refractivity contribution in [2.24, 2.45) is 5.16 Å². The minimum atomic E-state index is 0. The molecular weight excluding hydrogens is 296 g/mol. The van der Waals surface area contributed by atoms with Crippen LogP contribution in [-0.2, 0) is 22.4 Å². The molecule has 1 aliphatic carbocycles. The van der Waals surface area contributed by atoms with Gasteiger partial charge in [-0.25, -0.2) is 0 Å². The Labute approximate surface area is 108 Å². The Kier molecular flexibility index (Phi) is 2.92. The fourth-order valence-electron chi connectivity index (χ4n) is 1.96. The van der Waals surface area contributed by atoms with Gasteiger partial charge >= 0.3 is 22.4 Å². The van der Waals surface area contributed by atoms with Gasteiger partial charge in [0.15, 0.2) is 0 Å². The molecule has 0 saturated heterocycles. The van der Waals surface area contributed by atoms with Crippen molar-refractivity contribution in [1.29, 1.82) is 0 Å². The number of hydrogen-bond acceptors (Lipinski definition) is 3. The second-order valence-electron chi connectivity index (χ2n) is 3.39. The van der Waals surface area contributed by atoms with Gasteiger partial charge in [-0.3, -0.25) is 4.98 Å². The third-order valence-corrected chi connectivity index (χ3v) is 2.60. The van der Waals surface area contributed by atoms with Crippen molar-refractivity contribution in [3.05, 3.63) is 53.9 Å². The first kappa shape index (κ1) is 11.1. The van der Waals surface area contributed by atoms with Crippen LogP contribution in [0.3, 0.4) is 0 Å². The third-order valence-electron chi connectivity index (χ3n) is 2.60. The van der Waals surface area contributed by atoms with E-state index in [1.807, 2.05) is 36.4 Å². The van der Waals surface area contributed by atoms with Gasteiger partial charge in [-0.15, -0.1) is 0 Å². The molecule has 1 aromatic carbocycles. The zero-order chi connectivity index (χ0) is 10.3. The summed E-state index contributed by atoms with van der Waals surface area (Å²) in [7, 11) is 0. The summed E-state index contributed by atoms with van der Waals surface area (Å²) in [6.45, 7) is 0. The van der Waals surface area contributed by atoms with Gasteiger partial charge in [-0.1, -0.05) is 35.5 Å². The Balaban J connectivity index is 0.000000963. The van der Waals surface area contributed by atoms with E-state index >= 15 is 0 Å². The summed E-state index contributed by atoms with van der Waals surface area (Å²) in [5.41, 5.74) is 4.35. The molecule has 1 N–H and O–H groups in total. The Morgan fingerprint density at radius 1 is 0.938 bits per heavy atom. The van der Waals surface area contributed by atoms with Gasteiger partial charge in [0.05, 0.1) is 0 Å². The van der Waals surface area contributed by atoms with E-state index in [1.54, 1.807) is 6.20 Å². The van der Waals surface area contributed by atoms with Crippen LogP contribution in [-0.4, -0.2) is 15.9 Å². The topological polar surface area (TPSA) is 45.5 Å². The molecule has 0 unspecified atom stereocenters. The molecule has 0 aliphatic heterocycles. The van der Waals surface area contributed by atoms with Gasteiger partial charge in [-0.2, -0.15) is 0 Å². The van der Waals surface area contributed by atoms with Crippen LogP contribution in [0.15, 0.2) is 47.8 Å². The van der Waals surface area contributed by atoms with Gasteiger partial charge in [0.25, 0.3) is 0 Å². The molecule has 0 radical (unpaired) electrons. The predicted octanol–water partition coefficient (Wildman–Crippen LogP) is 2.29. The van der Waals surface area contributed by atoms with E-state index in [-0.39, 0.29) is 22.4 Å². The fourth-order valence-corrected chi connectivity index (χ4v) is 1.96. The number of oxime groups is 1. The minimum Gasteiger partial charge on any atom is -0.410 e. The van der Waals surface area contributed by atoms with E-state index in [0.717, 1.165) is 22.4 Å². The fraction of sp³-hybridized carbons (Fsp3) is 0. The molecule has 0 saturated carbocycles. The normalized spacial score (nSPS) is 14.1. The van der Waals surface area contributed by atoms with Gasteiger partial charge in [0.2, 0.25) is 0 Å². The molecule has 3 nitrogen and oxygen atoms in total. The first-order valence-electron chi connectivity index (χ1n) is 4.69. The quantitative estimate of drug-likeness (QED) is 0.393. The Morgan fingerprint density at radius 2 is 1.62 bits per heavy atom. The van der Waals surface area contributed by atoms with Crippen LogP contribution < -0.4 is 0 Å². The predicted molar refractivity (Wildman–Crippen MR) is 57.1 cm³/mol. The molecule has 3 rings (SSSR count). The summed E-state index contributed by atoms with van der Waals surface area (Å²) in [6, 6.07) is 11.7. The van der Waals surface area contributed by atoms with Crippen LogP contribution in [0.2, 0.25) is 0 Å². The van der Waals surface area contributed by atoms with Gasteiger partial charge in [-0.05, 0) is 11.6 Å². The molecule has 0 fully saturated rings. The summed E-state index contributed by atoms with van der Waals surface area (Å²) >= 11 is 0. The SMILES string of the molecule is O/N=C1\c2ccccc2-c2cccnc21.[Ag+]. The van der Waals surface area contributed by atoms with Gasteiger partial charge in [0.1, 0.15) is 11.4 Å². The van der Waals surface area contributed by atoms with E-state index in [2.05, 4.69) is 10.1 Å². The number of nitrogens with zero attached hydrogens (tertiary/aromatic N) is 2. The average Bonchev–Trinajstić information content (AvgIpc) is 2.63. The molecule has 1 heterocycles. The number of hydrogen-bond donors (Lipinski definition) is 1. The Hall–Kier alpha value is -1.42. The molecule has 82 valence electrons. The van der Waals surface area contributed by atoms with Gasteiger partial charge in [0, 0.05) is 17.3 Å². The smallest absolute Gasteiger partial charge is 0.410 e. The second-order valence-corrected chi connectivity index (χ2v) is 3.39. The van der Waals surface area contributed by atoms with Crippen molar-refractivity contribution in [1.82, 2.24) is 4.98 Å². The van der Waals surface area contributed by atoms with E-state index in [0.29, 0.717) is 5.71 Å². The van der Waals surface area contributed by atoms with Crippen LogP contribution in [0.25, 0.3) is 11.1 Å². The van der Waals surface area contributed by atoms with Crippen LogP contribution in [0.4, 0.5) is 0 Å². The van der Waals surface area contributed by atoms with Crippen molar-refractivity contribution >= 4 is 5.71 Å². The maximum atomic E-state index is 9.01. The zero-order valence-corrected chi connectivity index (χ0v) is 9.67. The minimum absolute atomic E-state index is 0. The number of aromatic nitrogens is 1. The van der Waals surface area contributed by atoms with E-state index in [1.165, 1.54) is 0 Å². The van der Waals surface area contributed by atoms with Crippen molar-refractivity contribution < 1.29 is 27.6 Å². The molecule has 0 bridgehead atoms. The number of benzene rings is 1. The number of rotatable bonds is 0. The van der Waals surface area contributed by atoms with Crippen LogP contribution in [0.5, 0.6) is 0 Å². The van der Waals surface area contributed by atoms with E-state index in [4.69, 9.17) is 5.21 Å². The van der Waals surface area contributed by atoms with Crippen molar-refractivity contribution in [3.63, 3.8) is 0 Å². The number of pyridine rings is 1. The van der Waals surface area contributed by atoms with Crippen molar-refractivity contribution in [3.8, 4) is 11.1 Å². The van der Waals surface area contributed by atoms with E-state index < -0.39 is 0 Å². The van der Waals surface area contributed by atoms with Gasteiger partial charge < -0.3 is 5.21 Å². The van der Waals surface area contributed by atoms with Crippen LogP contribution >= 0.6 is 0 Å². The summed E-state index contributed by atoms with van der Waals surface area (Å²) in [5.74, 6) is 0. The maximum absolute atomic E-state index is 9.01. The van der Waals surface area contributed by atoms with Crippen molar-refractivity contribution in [2.45, 2.75) is 0 Å². The standard InChI is InChI=1S/C12H8N2O.Ag/c15-14-12-10-5-2-1-4-8(10)9-6-3-7-13-11(9)12;/h1-7,15H;/q;+1/b14-12+;.